The molecule has 0 aliphatic carbocycles. The van der Waals surface area contributed by atoms with Gasteiger partial charge in [-0.1, -0.05) is 19.9 Å². The molecule has 1 aromatic heterocycles. The largest absolute Gasteiger partial charge is 0.324 e. The summed E-state index contributed by atoms with van der Waals surface area (Å²) < 4.78 is 2.90. The third kappa shape index (κ3) is 2.65. The highest BCUT2D eigenvalue weighted by atomic mass is 79.9. The molecule has 0 spiro atoms. The van der Waals surface area contributed by atoms with Gasteiger partial charge in [-0.25, -0.2) is 4.68 Å². The molecule has 0 unspecified atom stereocenters. The van der Waals surface area contributed by atoms with Gasteiger partial charge in [-0.05, 0) is 52.5 Å². The Bertz CT molecular complexity index is 544. The van der Waals surface area contributed by atoms with Gasteiger partial charge in [-0.2, -0.15) is 5.10 Å². The van der Waals surface area contributed by atoms with Gasteiger partial charge in [-0.15, -0.1) is 0 Å². The van der Waals surface area contributed by atoms with Crippen LogP contribution in [0, 0.1) is 0 Å². The highest BCUT2D eigenvalue weighted by molar-refractivity contribution is 9.10. The van der Waals surface area contributed by atoms with E-state index in [2.05, 4.69) is 47.0 Å². The van der Waals surface area contributed by atoms with Gasteiger partial charge in [-0.3, -0.25) is 0 Å². The van der Waals surface area contributed by atoms with E-state index in [-0.39, 0.29) is 6.04 Å². The Morgan fingerprint density at radius 1 is 1.22 bits per heavy atom. The molecule has 0 saturated carbocycles. The fourth-order valence-electron chi connectivity index (χ4n) is 1.77. The van der Waals surface area contributed by atoms with Crippen molar-refractivity contribution < 1.29 is 0 Å². The smallest absolute Gasteiger partial charge is 0.0787 e. The lowest BCUT2D eigenvalue weighted by Crippen LogP contribution is -2.06. The maximum absolute atomic E-state index is 5.87. The molecule has 0 radical (unpaired) electrons. The molecule has 2 rings (SSSR count). The summed E-state index contributed by atoms with van der Waals surface area (Å²) in [6, 6.07) is 8.23. The second kappa shape index (κ2) is 5.24. The van der Waals surface area contributed by atoms with Crippen LogP contribution in [0.15, 0.2) is 34.9 Å². The van der Waals surface area contributed by atoms with Crippen molar-refractivity contribution in [3.05, 3.63) is 46.2 Å². The van der Waals surface area contributed by atoms with Crippen LogP contribution < -0.4 is 5.73 Å². The minimum atomic E-state index is 0.0409. The summed E-state index contributed by atoms with van der Waals surface area (Å²) >= 11 is 3.58. The van der Waals surface area contributed by atoms with E-state index < -0.39 is 0 Å². The summed E-state index contributed by atoms with van der Waals surface area (Å²) in [6.07, 6.45) is 1.99. The number of rotatable bonds is 3. The van der Waals surface area contributed by atoms with Crippen molar-refractivity contribution >= 4 is 15.9 Å². The minimum Gasteiger partial charge on any atom is -0.324 e. The quantitative estimate of drug-likeness (QED) is 0.938. The average Bonchev–Trinajstić information content (AvgIpc) is 2.78. The van der Waals surface area contributed by atoms with Crippen molar-refractivity contribution in [3.63, 3.8) is 0 Å². The van der Waals surface area contributed by atoms with Gasteiger partial charge < -0.3 is 5.73 Å². The summed E-state index contributed by atoms with van der Waals surface area (Å²) in [5.74, 6) is 0.438. The van der Waals surface area contributed by atoms with Crippen molar-refractivity contribution in [2.24, 2.45) is 5.73 Å². The lowest BCUT2D eigenvalue weighted by atomic mass is 10.1. The van der Waals surface area contributed by atoms with Gasteiger partial charge in [0, 0.05) is 16.7 Å². The Balaban J connectivity index is 2.38. The molecule has 18 heavy (non-hydrogen) atoms. The maximum atomic E-state index is 5.87. The molecule has 0 fully saturated rings. The van der Waals surface area contributed by atoms with Gasteiger partial charge >= 0.3 is 0 Å². The summed E-state index contributed by atoms with van der Waals surface area (Å²) in [7, 11) is 0. The maximum Gasteiger partial charge on any atom is 0.0787 e. The molecule has 0 saturated heterocycles. The summed E-state index contributed by atoms with van der Waals surface area (Å²) in [6.45, 7) is 6.26. The molecule has 3 nitrogen and oxygen atoms in total. The number of hydrogen-bond donors (Lipinski definition) is 1. The molecular weight excluding hydrogens is 290 g/mol. The number of halogens is 1. The van der Waals surface area contributed by atoms with Gasteiger partial charge in [0.25, 0.3) is 0 Å². The van der Waals surface area contributed by atoms with Crippen LogP contribution in [0.1, 0.15) is 44.0 Å². The molecule has 2 aromatic rings. The lowest BCUT2D eigenvalue weighted by Gasteiger charge is -2.10. The van der Waals surface area contributed by atoms with Crippen molar-refractivity contribution in [1.29, 1.82) is 0 Å². The van der Waals surface area contributed by atoms with Crippen molar-refractivity contribution in [2.75, 3.05) is 0 Å². The number of nitrogens with zero attached hydrogens (tertiary/aromatic N) is 2. The Labute approximate surface area is 116 Å². The first kappa shape index (κ1) is 13.3. The third-order valence-electron chi connectivity index (χ3n) is 2.95. The third-order valence-corrected chi connectivity index (χ3v) is 3.58. The van der Waals surface area contributed by atoms with Crippen LogP contribution in [-0.2, 0) is 0 Å². The van der Waals surface area contributed by atoms with Gasteiger partial charge in [0.05, 0.1) is 11.4 Å². The number of hydrogen-bond acceptors (Lipinski definition) is 2. The van der Waals surface area contributed by atoms with E-state index in [0.717, 1.165) is 21.4 Å². The molecule has 0 amide bonds. The van der Waals surface area contributed by atoms with Crippen LogP contribution in [-0.4, -0.2) is 9.78 Å². The lowest BCUT2D eigenvalue weighted by molar-refractivity contribution is 0.765. The van der Waals surface area contributed by atoms with Crippen LogP contribution >= 0.6 is 15.9 Å². The topological polar surface area (TPSA) is 43.8 Å². The Morgan fingerprint density at radius 3 is 2.44 bits per heavy atom. The minimum absolute atomic E-state index is 0.0409. The summed E-state index contributed by atoms with van der Waals surface area (Å²) in [5, 5.41) is 4.57. The predicted molar refractivity (Wildman–Crippen MR) is 78.0 cm³/mol. The standard InChI is InChI=1S/C14H18BrN3/c1-9(2)13-6-7-18(17-13)14-5-4-11(10(3)16)8-12(14)15/h4-10H,16H2,1-3H3/t10-/m1/s1. The molecule has 1 heterocycles. The number of benzene rings is 1. The fraction of sp³-hybridized carbons (Fsp3) is 0.357. The molecular formula is C14H18BrN3. The normalized spacial score (nSPS) is 13.0. The first-order chi connectivity index (χ1) is 8.49. The molecule has 1 atom stereocenters. The van der Waals surface area contributed by atoms with Crippen LogP contribution in [0.5, 0.6) is 0 Å². The van der Waals surface area contributed by atoms with Crippen LogP contribution in [0.2, 0.25) is 0 Å². The monoisotopic (exact) mass is 307 g/mol. The highest BCUT2D eigenvalue weighted by Crippen LogP contribution is 2.25. The van der Waals surface area contributed by atoms with Crippen LogP contribution in [0.3, 0.4) is 0 Å². The number of nitrogens with two attached hydrogens (primary N) is 1. The Hall–Kier alpha value is -1.13. The SMILES string of the molecule is CC(C)c1ccn(-c2ccc([C@@H](C)N)cc2Br)n1. The zero-order chi connectivity index (χ0) is 13.3. The van der Waals surface area contributed by atoms with E-state index in [4.69, 9.17) is 5.73 Å². The van der Waals surface area contributed by atoms with E-state index in [0.29, 0.717) is 5.92 Å². The molecule has 0 aliphatic heterocycles. The van der Waals surface area contributed by atoms with Crippen molar-refractivity contribution in [2.45, 2.75) is 32.7 Å². The molecule has 1 aromatic carbocycles. The molecule has 0 bridgehead atoms. The van der Waals surface area contributed by atoms with Crippen LogP contribution in [0.25, 0.3) is 5.69 Å². The molecule has 96 valence electrons. The number of aromatic nitrogens is 2. The second-order valence-corrected chi connectivity index (χ2v) is 5.69. The Kier molecular flexibility index (Phi) is 3.88. The zero-order valence-electron chi connectivity index (χ0n) is 10.9. The Morgan fingerprint density at radius 2 is 1.94 bits per heavy atom. The van der Waals surface area contributed by atoms with Gasteiger partial charge in [0.1, 0.15) is 0 Å². The highest BCUT2D eigenvalue weighted by Gasteiger charge is 2.09. The van der Waals surface area contributed by atoms with E-state index >= 15 is 0 Å². The van der Waals surface area contributed by atoms with Gasteiger partial charge in [0.2, 0.25) is 0 Å². The first-order valence-electron chi connectivity index (χ1n) is 6.10. The molecule has 4 heteroatoms. The summed E-state index contributed by atoms with van der Waals surface area (Å²) in [5.41, 5.74) is 9.11. The summed E-state index contributed by atoms with van der Waals surface area (Å²) in [4.78, 5) is 0. The van der Waals surface area contributed by atoms with Crippen LogP contribution in [0.4, 0.5) is 0 Å². The van der Waals surface area contributed by atoms with E-state index in [1.165, 1.54) is 0 Å². The van der Waals surface area contributed by atoms with Gasteiger partial charge in [0.15, 0.2) is 0 Å². The van der Waals surface area contributed by atoms with E-state index in [1.807, 2.05) is 29.9 Å². The fourth-order valence-corrected chi connectivity index (χ4v) is 2.35. The predicted octanol–water partition coefficient (Wildman–Crippen LogP) is 3.78. The first-order valence-corrected chi connectivity index (χ1v) is 6.89. The average molecular weight is 308 g/mol. The van der Waals surface area contributed by atoms with Crippen molar-refractivity contribution in [1.82, 2.24) is 9.78 Å². The molecule has 2 N–H and O–H groups in total. The molecule has 0 aliphatic rings. The zero-order valence-corrected chi connectivity index (χ0v) is 12.5. The second-order valence-electron chi connectivity index (χ2n) is 4.84. The van der Waals surface area contributed by atoms with E-state index in [1.54, 1.807) is 0 Å². The van der Waals surface area contributed by atoms with E-state index in [9.17, 15) is 0 Å². The van der Waals surface area contributed by atoms with Crippen molar-refractivity contribution in [3.8, 4) is 5.69 Å².